The molecule has 0 aromatic rings. The van der Waals surface area contributed by atoms with E-state index in [1.807, 2.05) is 6.08 Å². The third-order valence-electron chi connectivity index (χ3n) is 1.15. The summed E-state index contributed by atoms with van der Waals surface area (Å²) in [6.45, 7) is 8.69. The van der Waals surface area contributed by atoms with E-state index in [0.717, 1.165) is 13.0 Å². The molecule has 0 spiro atoms. The van der Waals surface area contributed by atoms with Gasteiger partial charge in [0.1, 0.15) is 0 Å². The molecule has 62 valence electrons. The lowest BCUT2D eigenvalue weighted by Crippen LogP contribution is -1.73. The summed E-state index contributed by atoms with van der Waals surface area (Å²) >= 11 is 0. The van der Waals surface area contributed by atoms with E-state index < -0.39 is 0 Å². The first-order valence-corrected chi connectivity index (χ1v) is 3.57. The van der Waals surface area contributed by atoms with Crippen LogP contribution in [0.15, 0.2) is 12.7 Å². The normalized spacial score (nSPS) is 19.6. The van der Waals surface area contributed by atoms with Crippen molar-refractivity contribution >= 4 is 0 Å². The maximum absolute atomic E-state index is 4.86. The van der Waals surface area contributed by atoms with E-state index in [2.05, 4.69) is 20.4 Å². The average Bonchev–Trinajstić information content (AvgIpc) is 2.70. The van der Waals surface area contributed by atoms with E-state index in [-0.39, 0.29) is 7.43 Å². The van der Waals surface area contributed by atoms with Crippen molar-refractivity contribution in [3.63, 3.8) is 0 Å². The number of rotatable bonds is 2. The number of hydrogen-bond donors (Lipinski definition) is 0. The van der Waals surface area contributed by atoms with Crippen LogP contribution in [0.25, 0.3) is 0 Å². The number of allylic oxidation sites excluding steroid dienone is 1. The second kappa shape index (κ2) is 8.70. The number of hydrogen-bond acceptors (Lipinski definition) is 1. The van der Waals surface area contributed by atoms with Crippen molar-refractivity contribution in [2.24, 2.45) is 0 Å². The molecule has 0 aliphatic carbocycles. The zero-order valence-electron chi connectivity index (χ0n) is 6.39. The summed E-state index contributed by atoms with van der Waals surface area (Å²) < 4.78 is 4.86. The smallest absolute Gasteiger partial charge is 0.0807 e. The van der Waals surface area contributed by atoms with Gasteiger partial charge in [-0.25, -0.2) is 0 Å². The SMILES string of the molecule is C.C=CCC.CCC1CO1. The largest absolute Gasteiger partial charge is 0.373 e. The fourth-order valence-corrected chi connectivity index (χ4v) is 0.304. The van der Waals surface area contributed by atoms with Crippen LogP contribution in [0.4, 0.5) is 0 Å². The molecule has 0 bridgehead atoms. The van der Waals surface area contributed by atoms with Gasteiger partial charge in [-0.3, -0.25) is 0 Å². The minimum absolute atomic E-state index is 0. The maximum Gasteiger partial charge on any atom is 0.0807 e. The quantitative estimate of drug-likeness (QED) is 0.428. The van der Waals surface area contributed by atoms with Crippen LogP contribution in [-0.4, -0.2) is 12.7 Å². The highest BCUT2D eigenvalue weighted by molar-refractivity contribution is 4.64. The third-order valence-corrected chi connectivity index (χ3v) is 1.15. The standard InChI is InChI=1S/C4H8O.C4H8.CH4/c1-2-4-3-5-4;1-3-4-2;/h4H,2-3H2,1H3;3H,1,4H2,2H3;1H4. The summed E-state index contributed by atoms with van der Waals surface area (Å²) in [5, 5.41) is 0. The van der Waals surface area contributed by atoms with E-state index in [1.54, 1.807) is 0 Å². The zero-order chi connectivity index (χ0) is 7.11. The first kappa shape index (κ1) is 12.4. The molecule has 1 nitrogen and oxygen atoms in total. The third kappa shape index (κ3) is 10.6. The molecular weight excluding hydrogens is 124 g/mol. The minimum Gasteiger partial charge on any atom is -0.373 e. The van der Waals surface area contributed by atoms with Crippen LogP contribution >= 0.6 is 0 Å². The molecule has 1 unspecified atom stereocenters. The molecule has 0 amide bonds. The lowest BCUT2D eigenvalue weighted by Gasteiger charge is -1.69. The van der Waals surface area contributed by atoms with Crippen molar-refractivity contribution < 1.29 is 4.74 Å². The summed E-state index contributed by atoms with van der Waals surface area (Å²) in [4.78, 5) is 0. The Morgan fingerprint density at radius 1 is 1.60 bits per heavy atom. The summed E-state index contributed by atoms with van der Waals surface area (Å²) in [5.74, 6) is 0. The van der Waals surface area contributed by atoms with Crippen LogP contribution in [-0.2, 0) is 4.74 Å². The van der Waals surface area contributed by atoms with Crippen LogP contribution in [0.5, 0.6) is 0 Å². The van der Waals surface area contributed by atoms with E-state index in [4.69, 9.17) is 4.74 Å². The minimum atomic E-state index is 0. The molecule has 1 fully saturated rings. The highest BCUT2D eigenvalue weighted by Gasteiger charge is 2.18. The molecule has 0 N–H and O–H groups in total. The summed E-state index contributed by atoms with van der Waals surface area (Å²) in [6.07, 6.45) is 4.79. The molecule has 1 saturated heterocycles. The fraction of sp³-hybridized carbons (Fsp3) is 0.778. The van der Waals surface area contributed by atoms with E-state index >= 15 is 0 Å². The van der Waals surface area contributed by atoms with Crippen LogP contribution in [0.2, 0.25) is 0 Å². The second-order valence-corrected chi connectivity index (χ2v) is 2.06. The maximum atomic E-state index is 4.86. The van der Waals surface area contributed by atoms with Gasteiger partial charge in [-0.05, 0) is 12.8 Å². The molecule has 1 aliphatic rings. The highest BCUT2D eigenvalue weighted by atomic mass is 16.6. The van der Waals surface area contributed by atoms with Crippen molar-refractivity contribution in [2.75, 3.05) is 6.61 Å². The Bertz CT molecular complexity index is 65.1. The fourth-order valence-electron chi connectivity index (χ4n) is 0.304. The molecule has 10 heavy (non-hydrogen) atoms. The van der Waals surface area contributed by atoms with Crippen LogP contribution in [0.1, 0.15) is 34.1 Å². The Labute approximate surface area is 65.1 Å². The molecule has 1 heteroatoms. The van der Waals surface area contributed by atoms with Gasteiger partial charge in [-0.2, -0.15) is 0 Å². The van der Waals surface area contributed by atoms with Crippen molar-refractivity contribution in [1.82, 2.24) is 0 Å². The molecule has 1 heterocycles. The van der Waals surface area contributed by atoms with Gasteiger partial charge in [0.25, 0.3) is 0 Å². The molecule has 0 aromatic heterocycles. The predicted molar refractivity (Wildman–Crippen MR) is 47.3 cm³/mol. The molecule has 0 radical (unpaired) electrons. The van der Waals surface area contributed by atoms with Gasteiger partial charge >= 0.3 is 0 Å². The molecule has 0 saturated carbocycles. The van der Waals surface area contributed by atoms with Gasteiger partial charge in [0.05, 0.1) is 12.7 Å². The monoisotopic (exact) mass is 144 g/mol. The summed E-state index contributed by atoms with van der Waals surface area (Å²) in [5.41, 5.74) is 0. The van der Waals surface area contributed by atoms with Gasteiger partial charge in [-0.1, -0.05) is 27.4 Å². The van der Waals surface area contributed by atoms with E-state index in [9.17, 15) is 0 Å². The zero-order valence-corrected chi connectivity index (χ0v) is 6.39. The highest BCUT2D eigenvalue weighted by Crippen LogP contribution is 2.10. The van der Waals surface area contributed by atoms with Gasteiger partial charge in [-0.15, -0.1) is 6.58 Å². The van der Waals surface area contributed by atoms with E-state index in [0.29, 0.717) is 6.10 Å². The van der Waals surface area contributed by atoms with Crippen LogP contribution in [0.3, 0.4) is 0 Å². The lowest BCUT2D eigenvalue weighted by atomic mass is 10.4. The average molecular weight is 144 g/mol. The van der Waals surface area contributed by atoms with E-state index in [1.165, 1.54) is 6.42 Å². The van der Waals surface area contributed by atoms with Crippen molar-refractivity contribution in [2.45, 2.75) is 40.2 Å². The molecule has 0 aromatic carbocycles. The summed E-state index contributed by atoms with van der Waals surface area (Å²) in [7, 11) is 0. The first-order chi connectivity index (χ1) is 4.35. The van der Waals surface area contributed by atoms with Crippen molar-refractivity contribution in [1.29, 1.82) is 0 Å². The lowest BCUT2D eigenvalue weighted by molar-refractivity contribution is 0.403. The Morgan fingerprint density at radius 2 is 2.00 bits per heavy atom. The van der Waals surface area contributed by atoms with Crippen LogP contribution < -0.4 is 0 Å². The van der Waals surface area contributed by atoms with Crippen molar-refractivity contribution in [3.8, 4) is 0 Å². The number of epoxide rings is 1. The molecular formula is C9H20O. The topological polar surface area (TPSA) is 12.5 Å². The van der Waals surface area contributed by atoms with Gasteiger partial charge < -0.3 is 4.74 Å². The Kier molecular flexibility index (Phi) is 10.8. The predicted octanol–water partition coefficient (Wildman–Crippen LogP) is 3.01. The first-order valence-electron chi connectivity index (χ1n) is 3.57. The second-order valence-electron chi connectivity index (χ2n) is 2.06. The Hall–Kier alpha value is -0.300. The molecule has 1 atom stereocenters. The molecule has 1 aliphatic heterocycles. The Morgan fingerprint density at radius 3 is 2.00 bits per heavy atom. The Balaban J connectivity index is 0. The van der Waals surface area contributed by atoms with Gasteiger partial charge in [0.15, 0.2) is 0 Å². The van der Waals surface area contributed by atoms with Gasteiger partial charge in [0, 0.05) is 0 Å². The number of ether oxygens (including phenoxy) is 1. The van der Waals surface area contributed by atoms with Crippen LogP contribution in [0, 0.1) is 0 Å². The van der Waals surface area contributed by atoms with Gasteiger partial charge in [0.2, 0.25) is 0 Å². The molecule has 1 rings (SSSR count). The summed E-state index contributed by atoms with van der Waals surface area (Å²) in [6, 6.07) is 0. The van der Waals surface area contributed by atoms with Crippen molar-refractivity contribution in [3.05, 3.63) is 12.7 Å².